The molecular weight excluding hydrogens is 358 g/mol. The van der Waals surface area contributed by atoms with Crippen molar-refractivity contribution in [2.45, 2.75) is 19.9 Å². The lowest BCUT2D eigenvalue weighted by molar-refractivity contribution is -0.143. The Bertz CT molecular complexity index is 858. The highest BCUT2D eigenvalue weighted by Crippen LogP contribution is 2.34. The Labute approximate surface area is 164 Å². The van der Waals surface area contributed by atoms with Crippen LogP contribution in [0.1, 0.15) is 23.0 Å². The van der Waals surface area contributed by atoms with Crippen LogP contribution in [0.15, 0.2) is 30.3 Å². The Hall–Kier alpha value is -2.80. The van der Waals surface area contributed by atoms with Gasteiger partial charge in [-0.05, 0) is 43.7 Å². The minimum atomic E-state index is -0.847. The normalized spacial score (nSPS) is 18.0. The van der Waals surface area contributed by atoms with Crippen molar-refractivity contribution in [3.63, 3.8) is 0 Å². The molecule has 148 valence electrons. The number of rotatable bonds is 4. The van der Waals surface area contributed by atoms with E-state index in [1.807, 2.05) is 24.8 Å². The van der Waals surface area contributed by atoms with Crippen LogP contribution in [-0.4, -0.2) is 60.4 Å². The number of carbonyl (C=O) groups is 1. The van der Waals surface area contributed by atoms with Crippen LogP contribution in [0.2, 0.25) is 0 Å². The molecule has 7 heteroatoms. The van der Waals surface area contributed by atoms with Gasteiger partial charge < -0.3 is 19.5 Å². The number of aryl methyl sites for hydroxylation is 2. The number of benzene rings is 1. The van der Waals surface area contributed by atoms with E-state index in [2.05, 4.69) is 22.0 Å². The predicted octanol–water partition coefficient (Wildman–Crippen LogP) is 2.42. The van der Waals surface area contributed by atoms with Crippen molar-refractivity contribution >= 4 is 11.7 Å². The number of aromatic nitrogens is 1. The number of hydrogen-bond donors (Lipinski definition) is 1. The molecule has 1 N–H and O–H groups in total. The van der Waals surface area contributed by atoms with Gasteiger partial charge in [-0.25, -0.2) is 0 Å². The molecule has 1 aromatic carbocycles. The molecule has 1 saturated heterocycles. The van der Waals surface area contributed by atoms with Gasteiger partial charge in [-0.2, -0.15) is 0 Å². The number of nitrogens with zero attached hydrogens (tertiary/aromatic N) is 3. The Morgan fingerprint density at radius 2 is 1.64 bits per heavy atom. The summed E-state index contributed by atoms with van der Waals surface area (Å²) in [5, 5.41) is 9.90. The number of fused-ring (bicyclic) bond motifs is 1. The van der Waals surface area contributed by atoms with Gasteiger partial charge >= 0.3 is 5.97 Å². The largest absolute Gasteiger partial charge is 0.486 e. The second kappa shape index (κ2) is 7.67. The molecule has 2 aliphatic rings. The van der Waals surface area contributed by atoms with Crippen LogP contribution in [0.3, 0.4) is 0 Å². The molecule has 1 atom stereocenters. The maximum absolute atomic E-state index is 12.1. The number of pyridine rings is 1. The van der Waals surface area contributed by atoms with Crippen molar-refractivity contribution in [2.75, 3.05) is 44.3 Å². The SMILES string of the molecule is Cc1cc(N2CCN([C@@H](C(=O)O)c3ccc4c(c3)OCCO4)CC2)cc(C)n1. The first-order chi connectivity index (χ1) is 13.5. The van der Waals surface area contributed by atoms with Gasteiger partial charge in [0.2, 0.25) is 0 Å². The van der Waals surface area contributed by atoms with Crippen LogP contribution in [0.4, 0.5) is 5.69 Å². The zero-order valence-electron chi connectivity index (χ0n) is 16.2. The van der Waals surface area contributed by atoms with Crippen molar-refractivity contribution in [1.82, 2.24) is 9.88 Å². The molecule has 0 amide bonds. The summed E-state index contributed by atoms with van der Waals surface area (Å²) in [7, 11) is 0. The molecule has 0 radical (unpaired) electrons. The lowest BCUT2D eigenvalue weighted by Gasteiger charge is -2.39. The third kappa shape index (κ3) is 3.75. The molecular formula is C21H25N3O4. The van der Waals surface area contributed by atoms with Crippen molar-refractivity contribution in [1.29, 1.82) is 0 Å². The van der Waals surface area contributed by atoms with E-state index in [9.17, 15) is 9.90 Å². The summed E-state index contributed by atoms with van der Waals surface area (Å²) in [5.41, 5.74) is 3.87. The maximum Gasteiger partial charge on any atom is 0.325 e. The first-order valence-electron chi connectivity index (χ1n) is 9.58. The van der Waals surface area contributed by atoms with Crippen LogP contribution >= 0.6 is 0 Å². The lowest BCUT2D eigenvalue weighted by atomic mass is 10.0. The summed E-state index contributed by atoms with van der Waals surface area (Å²) < 4.78 is 11.2. The smallest absolute Gasteiger partial charge is 0.325 e. The van der Waals surface area contributed by atoms with Gasteiger partial charge in [0.15, 0.2) is 11.5 Å². The number of ether oxygens (including phenoxy) is 2. The first-order valence-corrected chi connectivity index (χ1v) is 9.58. The number of anilines is 1. The number of hydrogen-bond acceptors (Lipinski definition) is 6. The third-order valence-electron chi connectivity index (χ3n) is 5.23. The monoisotopic (exact) mass is 383 g/mol. The molecule has 7 nitrogen and oxygen atoms in total. The Kier molecular flexibility index (Phi) is 5.09. The van der Waals surface area contributed by atoms with Gasteiger partial charge in [0, 0.05) is 43.3 Å². The van der Waals surface area contributed by atoms with Crippen LogP contribution in [-0.2, 0) is 4.79 Å². The highest BCUT2D eigenvalue weighted by Gasteiger charge is 2.31. The number of piperazine rings is 1. The quantitative estimate of drug-likeness (QED) is 0.869. The average Bonchev–Trinajstić information content (AvgIpc) is 2.67. The maximum atomic E-state index is 12.1. The zero-order valence-corrected chi connectivity index (χ0v) is 16.2. The summed E-state index contributed by atoms with van der Waals surface area (Å²) >= 11 is 0. The topological polar surface area (TPSA) is 75.1 Å². The molecule has 3 heterocycles. The van der Waals surface area contributed by atoms with Crippen molar-refractivity contribution in [2.24, 2.45) is 0 Å². The van der Waals surface area contributed by atoms with E-state index in [1.165, 1.54) is 0 Å². The van der Waals surface area contributed by atoms with Crippen molar-refractivity contribution < 1.29 is 19.4 Å². The van der Waals surface area contributed by atoms with Gasteiger partial charge in [0.05, 0.1) is 0 Å². The summed E-state index contributed by atoms with van der Waals surface area (Å²) in [6.45, 7) is 7.89. The van der Waals surface area contributed by atoms with E-state index < -0.39 is 12.0 Å². The molecule has 0 bridgehead atoms. The fourth-order valence-electron chi connectivity index (χ4n) is 3.97. The molecule has 0 unspecified atom stereocenters. The van der Waals surface area contributed by atoms with E-state index in [0.717, 1.165) is 35.7 Å². The highest BCUT2D eigenvalue weighted by molar-refractivity contribution is 5.76. The first kappa shape index (κ1) is 18.6. The summed E-state index contributed by atoms with van der Waals surface area (Å²) in [5.74, 6) is 0.449. The van der Waals surface area contributed by atoms with Gasteiger partial charge in [-0.1, -0.05) is 6.07 Å². The molecule has 0 spiro atoms. The summed E-state index contributed by atoms with van der Waals surface area (Å²) in [4.78, 5) is 20.8. The molecule has 4 rings (SSSR count). The molecule has 2 aliphatic heterocycles. The van der Waals surface area contributed by atoms with Gasteiger partial charge in [-0.3, -0.25) is 14.7 Å². The molecule has 0 aliphatic carbocycles. The van der Waals surface area contributed by atoms with Crippen LogP contribution in [0.5, 0.6) is 11.5 Å². The summed E-state index contributed by atoms with van der Waals surface area (Å²) in [6, 6.07) is 8.90. The predicted molar refractivity (Wildman–Crippen MR) is 105 cm³/mol. The fraction of sp³-hybridized carbons (Fsp3) is 0.429. The zero-order chi connectivity index (χ0) is 19.7. The van der Waals surface area contributed by atoms with Crippen LogP contribution in [0.25, 0.3) is 0 Å². The van der Waals surface area contributed by atoms with E-state index in [4.69, 9.17) is 9.47 Å². The van der Waals surface area contributed by atoms with Crippen molar-refractivity contribution in [3.05, 3.63) is 47.3 Å². The molecule has 28 heavy (non-hydrogen) atoms. The molecule has 1 aromatic heterocycles. The van der Waals surface area contributed by atoms with E-state index >= 15 is 0 Å². The van der Waals surface area contributed by atoms with E-state index in [-0.39, 0.29) is 0 Å². The van der Waals surface area contributed by atoms with Crippen LogP contribution in [0, 0.1) is 13.8 Å². The molecule has 2 aromatic rings. The van der Waals surface area contributed by atoms with Gasteiger partial charge in [-0.15, -0.1) is 0 Å². The number of carboxylic acids is 1. The van der Waals surface area contributed by atoms with E-state index in [0.29, 0.717) is 37.8 Å². The second-order valence-corrected chi connectivity index (χ2v) is 7.27. The third-order valence-corrected chi connectivity index (χ3v) is 5.23. The second-order valence-electron chi connectivity index (χ2n) is 7.27. The minimum absolute atomic E-state index is 0.484. The summed E-state index contributed by atoms with van der Waals surface area (Å²) in [6.07, 6.45) is 0. The van der Waals surface area contributed by atoms with Crippen molar-refractivity contribution in [3.8, 4) is 11.5 Å². The number of carboxylic acid groups (broad SMARTS) is 1. The highest BCUT2D eigenvalue weighted by atomic mass is 16.6. The van der Waals surface area contributed by atoms with Gasteiger partial charge in [0.25, 0.3) is 0 Å². The molecule has 1 fully saturated rings. The Morgan fingerprint density at radius 3 is 2.29 bits per heavy atom. The molecule has 0 saturated carbocycles. The van der Waals surface area contributed by atoms with Gasteiger partial charge in [0.1, 0.15) is 19.3 Å². The van der Waals surface area contributed by atoms with E-state index in [1.54, 1.807) is 12.1 Å². The average molecular weight is 383 g/mol. The lowest BCUT2D eigenvalue weighted by Crippen LogP contribution is -2.49. The standard InChI is InChI=1S/C21H25N3O4/c1-14-11-17(12-15(2)22-14)23-5-7-24(8-6-23)20(21(25)26)16-3-4-18-19(13-16)28-10-9-27-18/h3-4,11-13,20H,5-10H2,1-2H3,(H,25,26)/t20-/m1/s1. The van der Waals surface area contributed by atoms with Crippen LogP contribution < -0.4 is 14.4 Å². The Morgan fingerprint density at radius 1 is 1.00 bits per heavy atom. The fourth-order valence-corrected chi connectivity index (χ4v) is 3.97. The minimum Gasteiger partial charge on any atom is -0.486 e. The Balaban J connectivity index is 1.50. The number of aliphatic carboxylic acids is 1.